The standard InChI is InChI=1S/C24H29N5O2/c1-3-19-8-4-6-10-21(19)26-23(30)17-28-12-14-29(15-13-28)18(2)24(31)27-22-11-7-5-9-20(22)16-25/h4-11,18H,3,12-15,17H2,1-2H3,(H,26,30)(H,27,31)/p+2/t18-/m0/s1. The van der Waals surface area contributed by atoms with E-state index in [1.54, 1.807) is 24.3 Å². The zero-order chi connectivity index (χ0) is 22.2. The number of nitrogens with one attached hydrogen (secondary N) is 4. The Morgan fingerprint density at radius 2 is 1.65 bits per heavy atom. The third kappa shape index (κ3) is 5.91. The minimum Gasteiger partial charge on any atom is -0.321 e. The molecule has 0 saturated carbocycles. The number of nitriles is 1. The van der Waals surface area contributed by atoms with Gasteiger partial charge in [0.05, 0.1) is 11.3 Å². The van der Waals surface area contributed by atoms with Crippen LogP contribution in [-0.4, -0.2) is 50.6 Å². The predicted molar refractivity (Wildman–Crippen MR) is 120 cm³/mol. The molecule has 7 nitrogen and oxygen atoms in total. The molecule has 2 aromatic carbocycles. The number of carbonyl (C=O) groups excluding carboxylic acids is 2. The van der Waals surface area contributed by atoms with Crippen molar-refractivity contribution in [2.45, 2.75) is 26.3 Å². The highest BCUT2D eigenvalue weighted by atomic mass is 16.2. The number of amides is 2. The van der Waals surface area contributed by atoms with Gasteiger partial charge in [0.25, 0.3) is 11.8 Å². The lowest BCUT2D eigenvalue weighted by Crippen LogP contribution is -3.30. The maximum Gasteiger partial charge on any atom is 0.282 e. The Morgan fingerprint density at radius 1 is 1.00 bits per heavy atom. The van der Waals surface area contributed by atoms with Gasteiger partial charge in [-0.15, -0.1) is 0 Å². The molecule has 1 fully saturated rings. The Hall–Kier alpha value is -3.21. The highest BCUT2D eigenvalue weighted by molar-refractivity contribution is 5.94. The van der Waals surface area contributed by atoms with Gasteiger partial charge in [0.2, 0.25) is 0 Å². The monoisotopic (exact) mass is 421 g/mol. The van der Waals surface area contributed by atoms with Gasteiger partial charge in [-0.2, -0.15) is 5.26 Å². The lowest BCUT2D eigenvalue weighted by atomic mass is 10.1. The lowest BCUT2D eigenvalue weighted by molar-refractivity contribution is -1.01. The molecular weight excluding hydrogens is 390 g/mol. The van der Waals surface area contributed by atoms with Gasteiger partial charge in [-0.25, -0.2) is 0 Å². The summed E-state index contributed by atoms with van der Waals surface area (Å²) in [6.45, 7) is 7.75. The number of anilines is 2. The summed E-state index contributed by atoms with van der Waals surface area (Å²) < 4.78 is 0. The fourth-order valence-corrected chi connectivity index (χ4v) is 4.02. The molecule has 1 aliphatic rings. The van der Waals surface area contributed by atoms with Crippen LogP contribution in [0.15, 0.2) is 48.5 Å². The average molecular weight is 422 g/mol. The molecule has 7 heteroatoms. The first-order chi connectivity index (χ1) is 15.0. The van der Waals surface area contributed by atoms with Crippen molar-refractivity contribution in [2.75, 3.05) is 43.4 Å². The second-order valence-corrected chi connectivity index (χ2v) is 8.01. The van der Waals surface area contributed by atoms with Gasteiger partial charge in [0.15, 0.2) is 12.6 Å². The molecule has 2 amide bonds. The van der Waals surface area contributed by atoms with Crippen molar-refractivity contribution in [1.29, 1.82) is 5.26 Å². The summed E-state index contributed by atoms with van der Waals surface area (Å²) >= 11 is 0. The van der Waals surface area contributed by atoms with Crippen molar-refractivity contribution < 1.29 is 19.4 Å². The summed E-state index contributed by atoms with van der Waals surface area (Å²) in [6.07, 6.45) is 0.879. The largest absolute Gasteiger partial charge is 0.321 e. The first kappa shape index (κ1) is 22.5. The van der Waals surface area contributed by atoms with Crippen LogP contribution in [0.2, 0.25) is 0 Å². The van der Waals surface area contributed by atoms with Gasteiger partial charge in [-0.05, 0) is 37.1 Å². The van der Waals surface area contributed by atoms with Crippen LogP contribution < -0.4 is 20.4 Å². The predicted octanol–water partition coefficient (Wildman–Crippen LogP) is -0.130. The van der Waals surface area contributed by atoms with Crippen molar-refractivity contribution in [2.24, 2.45) is 0 Å². The number of carbonyl (C=O) groups is 2. The lowest BCUT2D eigenvalue weighted by Gasteiger charge is -2.32. The maximum atomic E-state index is 12.7. The van der Waals surface area contributed by atoms with Crippen molar-refractivity contribution in [3.63, 3.8) is 0 Å². The van der Waals surface area contributed by atoms with E-state index in [1.165, 1.54) is 9.80 Å². The van der Waals surface area contributed by atoms with Crippen LogP contribution in [-0.2, 0) is 16.0 Å². The fraction of sp³-hybridized carbons (Fsp3) is 0.375. The third-order valence-electron chi connectivity index (χ3n) is 5.99. The van der Waals surface area contributed by atoms with Crippen LogP contribution in [0.5, 0.6) is 0 Å². The summed E-state index contributed by atoms with van der Waals surface area (Å²) in [7, 11) is 0. The molecule has 0 unspecified atom stereocenters. The molecule has 162 valence electrons. The van der Waals surface area contributed by atoms with Crippen molar-refractivity contribution in [3.8, 4) is 6.07 Å². The summed E-state index contributed by atoms with van der Waals surface area (Å²) in [5.74, 6) is -0.0617. The molecule has 2 aromatic rings. The summed E-state index contributed by atoms with van der Waals surface area (Å²) in [5.41, 5.74) is 3.04. The number of quaternary nitrogens is 2. The van der Waals surface area contributed by atoms with Crippen LogP contribution in [0.3, 0.4) is 0 Å². The van der Waals surface area contributed by atoms with Crippen LogP contribution in [0, 0.1) is 11.3 Å². The maximum absolute atomic E-state index is 12.7. The van der Waals surface area contributed by atoms with Crippen LogP contribution in [0.25, 0.3) is 0 Å². The summed E-state index contributed by atoms with van der Waals surface area (Å²) in [6, 6.07) is 16.8. The van der Waals surface area contributed by atoms with Crippen LogP contribution >= 0.6 is 0 Å². The van der Waals surface area contributed by atoms with E-state index in [0.29, 0.717) is 17.8 Å². The minimum atomic E-state index is -0.224. The first-order valence-electron chi connectivity index (χ1n) is 10.9. The molecule has 0 aliphatic carbocycles. The second kappa shape index (κ2) is 10.7. The molecule has 1 heterocycles. The Labute approximate surface area is 183 Å². The normalized spacial score (nSPS) is 19.1. The number of piperazine rings is 1. The molecule has 0 bridgehead atoms. The van der Waals surface area contributed by atoms with Gasteiger partial charge in [0, 0.05) is 5.69 Å². The second-order valence-electron chi connectivity index (χ2n) is 8.01. The molecule has 1 aliphatic heterocycles. The number of hydrogen-bond acceptors (Lipinski definition) is 3. The van der Waals surface area contributed by atoms with Crippen molar-refractivity contribution in [3.05, 3.63) is 59.7 Å². The van der Waals surface area contributed by atoms with Gasteiger partial charge >= 0.3 is 0 Å². The number of nitrogens with zero attached hydrogens (tertiary/aromatic N) is 1. The van der Waals surface area contributed by atoms with E-state index >= 15 is 0 Å². The fourth-order valence-electron chi connectivity index (χ4n) is 4.02. The first-order valence-corrected chi connectivity index (χ1v) is 10.9. The Bertz CT molecular complexity index is 960. The Balaban J connectivity index is 1.48. The Morgan fingerprint density at radius 3 is 2.32 bits per heavy atom. The molecule has 31 heavy (non-hydrogen) atoms. The zero-order valence-corrected chi connectivity index (χ0v) is 18.2. The van der Waals surface area contributed by atoms with Gasteiger partial charge < -0.3 is 20.4 Å². The average Bonchev–Trinajstić information content (AvgIpc) is 2.79. The van der Waals surface area contributed by atoms with Gasteiger partial charge in [0.1, 0.15) is 32.2 Å². The van der Waals surface area contributed by atoms with E-state index < -0.39 is 0 Å². The van der Waals surface area contributed by atoms with Gasteiger partial charge in [-0.3, -0.25) is 9.59 Å². The SMILES string of the molecule is CCc1ccccc1NC(=O)C[NH+]1CC[NH+]([C@@H](C)C(=O)Nc2ccccc2C#N)CC1. The van der Waals surface area contributed by atoms with Crippen molar-refractivity contribution >= 4 is 23.2 Å². The van der Waals surface area contributed by atoms with Crippen molar-refractivity contribution in [1.82, 2.24) is 0 Å². The Kier molecular flexibility index (Phi) is 7.76. The molecule has 1 atom stereocenters. The third-order valence-corrected chi connectivity index (χ3v) is 5.99. The van der Waals surface area contributed by atoms with E-state index in [-0.39, 0.29) is 17.9 Å². The minimum absolute atomic E-state index is 0.0262. The summed E-state index contributed by atoms with van der Waals surface area (Å²) in [4.78, 5) is 27.6. The molecule has 0 radical (unpaired) electrons. The summed E-state index contributed by atoms with van der Waals surface area (Å²) in [5, 5.41) is 15.1. The molecule has 3 rings (SSSR count). The van der Waals surface area contributed by atoms with E-state index in [0.717, 1.165) is 43.9 Å². The highest BCUT2D eigenvalue weighted by Gasteiger charge is 2.32. The molecular formula is C24H31N5O2+2. The zero-order valence-electron chi connectivity index (χ0n) is 18.2. The molecule has 0 spiro atoms. The van der Waals surface area contributed by atoms with E-state index in [4.69, 9.17) is 0 Å². The van der Waals surface area contributed by atoms with E-state index in [9.17, 15) is 14.9 Å². The smallest absolute Gasteiger partial charge is 0.282 e. The van der Waals surface area contributed by atoms with E-state index in [2.05, 4.69) is 23.6 Å². The quantitative estimate of drug-likeness (QED) is 0.502. The van der Waals surface area contributed by atoms with Gasteiger partial charge in [-0.1, -0.05) is 37.3 Å². The van der Waals surface area contributed by atoms with Crippen LogP contribution in [0.1, 0.15) is 25.0 Å². The number of rotatable bonds is 7. The molecule has 0 aromatic heterocycles. The number of hydrogen-bond donors (Lipinski definition) is 4. The number of aryl methyl sites for hydroxylation is 1. The number of para-hydroxylation sites is 2. The number of benzene rings is 2. The molecule has 1 saturated heterocycles. The van der Waals surface area contributed by atoms with E-state index in [1.807, 2.05) is 31.2 Å². The van der Waals surface area contributed by atoms with Crippen LogP contribution in [0.4, 0.5) is 11.4 Å². The topological polar surface area (TPSA) is 90.9 Å². The molecule has 4 N–H and O–H groups in total. The highest BCUT2D eigenvalue weighted by Crippen LogP contribution is 2.15.